The van der Waals surface area contributed by atoms with Crippen molar-refractivity contribution in [2.24, 2.45) is 0 Å². The van der Waals surface area contributed by atoms with Gasteiger partial charge in [-0.3, -0.25) is 14.9 Å². The number of hydrogen-bond donors (Lipinski definition) is 2. The van der Waals surface area contributed by atoms with E-state index in [1.54, 1.807) is 19.2 Å². The third-order valence-electron chi connectivity index (χ3n) is 3.08. The first-order valence-electron chi connectivity index (χ1n) is 6.93. The minimum atomic E-state index is -0.837. The summed E-state index contributed by atoms with van der Waals surface area (Å²) < 4.78 is 9.94. The molecule has 2 N–H and O–H groups in total. The Kier molecular flexibility index (Phi) is 5.50. The van der Waals surface area contributed by atoms with Gasteiger partial charge in [0.15, 0.2) is 6.61 Å². The fraction of sp³-hybridized carbons (Fsp3) is 0.200. The molecule has 0 fully saturated rings. The van der Waals surface area contributed by atoms with Crippen molar-refractivity contribution in [3.8, 4) is 0 Å². The van der Waals surface area contributed by atoms with Gasteiger partial charge in [0.1, 0.15) is 5.76 Å². The van der Waals surface area contributed by atoms with Gasteiger partial charge in [0, 0.05) is 24.9 Å². The predicted molar refractivity (Wildman–Crippen MR) is 83.5 cm³/mol. The summed E-state index contributed by atoms with van der Waals surface area (Å²) in [5, 5.41) is 16.1. The summed E-state index contributed by atoms with van der Waals surface area (Å²) in [7, 11) is 1.56. The van der Waals surface area contributed by atoms with Gasteiger partial charge in [0.2, 0.25) is 0 Å². The van der Waals surface area contributed by atoms with Gasteiger partial charge in [-0.05, 0) is 18.2 Å². The Balaban J connectivity index is 1.95. The minimum absolute atomic E-state index is 0.0227. The number of rotatable bonds is 7. The number of benzene rings is 1. The van der Waals surface area contributed by atoms with Crippen LogP contribution in [0.5, 0.6) is 0 Å². The van der Waals surface area contributed by atoms with E-state index in [9.17, 15) is 19.7 Å². The number of carbonyl (C=O) groups is 2. The van der Waals surface area contributed by atoms with Gasteiger partial charge in [0.25, 0.3) is 11.6 Å². The van der Waals surface area contributed by atoms with Gasteiger partial charge in [-0.25, -0.2) is 4.79 Å². The fourth-order valence-electron chi connectivity index (χ4n) is 1.89. The number of nitro groups is 1. The van der Waals surface area contributed by atoms with Crippen LogP contribution in [-0.2, 0) is 16.1 Å². The highest BCUT2D eigenvalue weighted by atomic mass is 16.6. The Morgan fingerprint density at radius 2 is 2.12 bits per heavy atom. The van der Waals surface area contributed by atoms with Crippen molar-refractivity contribution >= 4 is 23.3 Å². The number of furan rings is 1. The van der Waals surface area contributed by atoms with E-state index in [1.807, 2.05) is 0 Å². The van der Waals surface area contributed by atoms with E-state index < -0.39 is 23.4 Å². The zero-order chi connectivity index (χ0) is 17.5. The molecule has 24 heavy (non-hydrogen) atoms. The van der Waals surface area contributed by atoms with E-state index in [-0.39, 0.29) is 17.8 Å². The maximum absolute atomic E-state index is 12.1. The molecule has 9 heteroatoms. The molecule has 126 valence electrons. The molecule has 2 aromatic rings. The molecule has 9 nitrogen and oxygen atoms in total. The first-order chi connectivity index (χ1) is 11.5. The number of nitrogens with one attached hydrogen (secondary N) is 2. The molecule has 0 saturated heterocycles. The van der Waals surface area contributed by atoms with Crippen molar-refractivity contribution in [2.45, 2.75) is 6.54 Å². The van der Waals surface area contributed by atoms with Crippen molar-refractivity contribution in [2.75, 3.05) is 19.0 Å². The molecule has 0 aliphatic rings. The second-order valence-corrected chi connectivity index (χ2v) is 4.67. The molecule has 0 bridgehead atoms. The Morgan fingerprint density at radius 1 is 1.33 bits per heavy atom. The molecule has 2 rings (SSSR count). The average Bonchev–Trinajstić information content (AvgIpc) is 3.10. The van der Waals surface area contributed by atoms with Crippen LogP contribution in [0.25, 0.3) is 0 Å². The topological polar surface area (TPSA) is 124 Å². The molecule has 0 aliphatic carbocycles. The molecule has 0 spiro atoms. The van der Waals surface area contributed by atoms with Crippen LogP contribution in [0.4, 0.5) is 11.4 Å². The number of nitro benzene ring substituents is 1. The first kappa shape index (κ1) is 17.0. The molecule has 0 unspecified atom stereocenters. The SMILES string of the molecule is CNc1ccc([N+](=O)[O-])cc1C(=O)OCC(=O)NCc1ccco1. The predicted octanol–water partition coefficient (Wildman–Crippen LogP) is 1.70. The van der Waals surface area contributed by atoms with E-state index >= 15 is 0 Å². The maximum Gasteiger partial charge on any atom is 0.341 e. The lowest BCUT2D eigenvalue weighted by molar-refractivity contribution is -0.384. The van der Waals surface area contributed by atoms with Crippen molar-refractivity contribution in [1.82, 2.24) is 5.32 Å². The van der Waals surface area contributed by atoms with Gasteiger partial charge < -0.3 is 19.8 Å². The Hall–Kier alpha value is -3.36. The number of nitrogens with zero attached hydrogens (tertiary/aromatic N) is 1. The number of amides is 1. The summed E-state index contributed by atoms with van der Waals surface area (Å²) in [5.41, 5.74) is 0.0929. The van der Waals surface area contributed by atoms with Crippen LogP contribution >= 0.6 is 0 Å². The lowest BCUT2D eigenvalue weighted by Gasteiger charge is -2.09. The molecule has 0 radical (unpaired) electrons. The quantitative estimate of drug-likeness (QED) is 0.449. The summed E-state index contributed by atoms with van der Waals surface area (Å²) >= 11 is 0. The van der Waals surface area contributed by atoms with Crippen LogP contribution in [0.15, 0.2) is 41.0 Å². The molecular formula is C15H15N3O6. The number of carbonyl (C=O) groups excluding carboxylic acids is 2. The zero-order valence-electron chi connectivity index (χ0n) is 12.8. The largest absolute Gasteiger partial charge is 0.467 e. The molecule has 1 heterocycles. The lowest BCUT2D eigenvalue weighted by Crippen LogP contribution is -2.28. The highest BCUT2D eigenvalue weighted by Gasteiger charge is 2.18. The number of anilines is 1. The maximum atomic E-state index is 12.1. The third-order valence-corrected chi connectivity index (χ3v) is 3.08. The minimum Gasteiger partial charge on any atom is -0.467 e. The van der Waals surface area contributed by atoms with E-state index in [1.165, 1.54) is 18.4 Å². The van der Waals surface area contributed by atoms with Crippen LogP contribution in [0.2, 0.25) is 0 Å². The number of hydrogen-bond acceptors (Lipinski definition) is 7. The van der Waals surface area contributed by atoms with Crippen molar-refractivity contribution in [3.05, 3.63) is 58.0 Å². The van der Waals surface area contributed by atoms with Crippen LogP contribution < -0.4 is 10.6 Å². The van der Waals surface area contributed by atoms with Crippen molar-refractivity contribution < 1.29 is 23.7 Å². The van der Waals surface area contributed by atoms with Crippen LogP contribution in [0.1, 0.15) is 16.1 Å². The summed E-state index contributed by atoms with van der Waals surface area (Å²) in [5.74, 6) is -0.793. The van der Waals surface area contributed by atoms with Gasteiger partial charge in [-0.2, -0.15) is 0 Å². The van der Waals surface area contributed by atoms with Gasteiger partial charge in [0.05, 0.1) is 23.3 Å². The van der Waals surface area contributed by atoms with E-state index in [0.29, 0.717) is 11.4 Å². The Morgan fingerprint density at radius 3 is 2.75 bits per heavy atom. The zero-order valence-corrected chi connectivity index (χ0v) is 12.8. The lowest BCUT2D eigenvalue weighted by atomic mass is 10.1. The molecule has 1 aromatic carbocycles. The summed E-state index contributed by atoms with van der Waals surface area (Å²) in [4.78, 5) is 33.9. The third kappa shape index (κ3) is 4.32. The van der Waals surface area contributed by atoms with E-state index in [2.05, 4.69) is 10.6 Å². The molecule has 0 atom stereocenters. The number of esters is 1. The normalized spacial score (nSPS) is 10.0. The van der Waals surface area contributed by atoms with Gasteiger partial charge >= 0.3 is 5.97 Å². The Labute approximate surface area is 136 Å². The summed E-state index contributed by atoms with van der Waals surface area (Å²) in [6.07, 6.45) is 1.48. The highest BCUT2D eigenvalue weighted by Crippen LogP contribution is 2.22. The molecular weight excluding hydrogens is 318 g/mol. The summed E-state index contributed by atoms with van der Waals surface area (Å²) in [6, 6.07) is 7.12. The Bertz CT molecular complexity index is 742. The van der Waals surface area contributed by atoms with Crippen LogP contribution in [-0.4, -0.2) is 30.5 Å². The molecule has 0 aliphatic heterocycles. The van der Waals surface area contributed by atoms with Crippen LogP contribution in [0, 0.1) is 10.1 Å². The molecule has 1 aromatic heterocycles. The second kappa shape index (κ2) is 7.77. The first-order valence-corrected chi connectivity index (χ1v) is 6.93. The number of ether oxygens (including phenoxy) is 1. The van der Waals surface area contributed by atoms with E-state index in [0.717, 1.165) is 6.07 Å². The second-order valence-electron chi connectivity index (χ2n) is 4.67. The van der Waals surface area contributed by atoms with Crippen LogP contribution in [0.3, 0.4) is 0 Å². The molecule has 1 amide bonds. The van der Waals surface area contributed by atoms with Crippen molar-refractivity contribution in [1.29, 1.82) is 0 Å². The standard InChI is InChI=1S/C15H15N3O6/c1-16-13-5-4-10(18(21)22)7-12(13)15(20)24-9-14(19)17-8-11-3-2-6-23-11/h2-7,16H,8-9H2,1H3,(H,17,19). The fourth-order valence-corrected chi connectivity index (χ4v) is 1.89. The highest BCUT2D eigenvalue weighted by molar-refractivity contribution is 5.97. The smallest absolute Gasteiger partial charge is 0.341 e. The van der Waals surface area contributed by atoms with Crippen molar-refractivity contribution in [3.63, 3.8) is 0 Å². The number of non-ortho nitro benzene ring substituents is 1. The van der Waals surface area contributed by atoms with E-state index in [4.69, 9.17) is 9.15 Å². The summed E-state index contributed by atoms with van der Waals surface area (Å²) in [6.45, 7) is -0.340. The van der Waals surface area contributed by atoms with Gasteiger partial charge in [-0.15, -0.1) is 0 Å². The molecule has 0 saturated carbocycles. The monoisotopic (exact) mass is 333 g/mol. The van der Waals surface area contributed by atoms with Gasteiger partial charge in [-0.1, -0.05) is 0 Å². The average molecular weight is 333 g/mol.